The molecule has 1 atom stereocenters. The number of carbonyl (C=O) groups excluding carboxylic acids is 1. The molecule has 0 fully saturated rings. The first-order valence-corrected chi connectivity index (χ1v) is 6.69. The molecule has 1 aromatic carbocycles. The molecule has 2 nitrogen and oxygen atoms in total. The second-order valence-electron chi connectivity index (χ2n) is 4.19. The Bertz CT molecular complexity index is 403. The molecule has 1 amide bonds. The van der Waals surface area contributed by atoms with Gasteiger partial charge in [-0.05, 0) is 36.5 Å². The fraction of sp³-hybridized carbons (Fsp3) is 0.462. The highest BCUT2D eigenvalue weighted by Gasteiger charge is 2.14. The molecule has 0 aliphatic carbocycles. The molecule has 0 radical (unpaired) electrons. The molecule has 1 aromatic rings. The van der Waals surface area contributed by atoms with Gasteiger partial charge in [-0.15, -0.1) is 0 Å². The number of nitrogens with one attached hydrogen (secondary N) is 1. The summed E-state index contributed by atoms with van der Waals surface area (Å²) in [6, 6.07) is 6.33. The lowest BCUT2D eigenvalue weighted by Gasteiger charge is -2.12. The van der Waals surface area contributed by atoms with Gasteiger partial charge in [0, 0.05) is 16.9 Å². The monoisotopic (exact) mass is 281 g/mol. The maximum absolute atomic E-state index is 11.4. The Morgan fingerprint density at radius 3 is 3.00 bits per heavy atom. The van der Waals surface area contributed by atoms with Crippen LogP contribution in [0.2, 0.25) is 0 Å². The Balaban J connectivity index is 2.31. The minimum atomic E-state index is 0.136. The summed E-state index contributed by atoms with van der Waals surface area (Å²) in [5.41, 5.74) is 3.56. The SMILES string of the molecule is CCC(Br)c1ccc2c(c1)CCCC(=O)N2. The number of anilines is 1. The van der Waals surface area contributed by atoms with Crippen LogP contribution in [0.1, 0.15) is 42.1 Å². The lowest BCUT2D eigenvalue weighted by atomic mass is 10.0. The molecule has 1 N–H and O–H groups in total. The first kappa shape index (κ1) is 11.6. The van der Waals surface area contributed by atoms with E-state index < -0.39 is 0 Å². The average Bonchev–Trinajstić information content (AvgIpc) is 2.47. The van der Waals surface area contributed by atoms with Crippen LogP contribution in [0.25, 0.3) is 0 Å². The van der Waals surface area contributed by atoms with E-state index in [1.165, 1.54) is 11.1 Å². The summed E-state index contributed by atoms with van der Waals surface area (Å²) in [6.45, 7) is 2.16. The molecule has 1 aliphatic rings. The Labute approximate surface area is 105 Å². The van der Waals surface area contributed by atoms with Crippen molar-refractivity contribution < 1.29 is 4.79 Å². The van der Waals surface area contributed by atoms with E-state index in [-0.39, 0.29) is 5.91 Å². The van der Waals surface area contributed by atoms with Crippen molar-refractivity contribution in [3.63, 3.8) is 0 Å². The van der Waals surface area contributed by atoms with Crippen LogP contribution in [-0.4, -0.2) is 5.91 Å². The van der Waals surface area contributed by atoms with Gasteiger partial charge in [0.05, 0.1) is 0 Å². The number of aryl methyl sites for hydroxylation is 1. The molecular weight excluding hydrogens is 266 g/mol. The molecule has 3 heteroatoms. The van der Waals surface area contributed by atoms with Crippen LogP contribution in [-0.2, 0) is 11.2 Å². The number of amides is 1. The fourth-order valence-electron chi connectivity index (χ4n) is 2.03. The van der Waals surface area contributed by atoms with Crippen LogP contribution in [0.5, 0.6) is 0 Å². The van der Waals surface area contributed by atoms with Gasteiger partial charge in [0.2, 0.25) is 5.91 Å². The molecule has 2 rings (SSSR count). The molecule has 1 aliphatic heterocycles. The van der Waals surface area contributed by atoms with Crippen LogP contribution in [0.3, 0.4) is 0 Å². The van der Waals surface area contributed by atoms with Crippen LogP contribution in [0.15, 0.2) is 18.2 Å². The average molecular weight is 282 g/mol. The van der Waals surface area contributed by atoms with Gasteiger partial charge in [0.25, 0.3) is 0 Å². The van der Waals surface area contributed by atoms with Gasteiger partial charge < -0.3 is 5.32 Å². The van der Waals surface area contributed by atoms with E-state index in [2.05, 4.69) is 40.3 Å². The Morgan fingerprint density at radius 1 is 1.44 bits per heavy atom. The lowest BCUT2D eigenvalue weighted by Crippen LogP contribution is -2.09. The predicted molar refractivity (Wildman–Crippen MR) is 70.0 cm³/mol. The van der Waals surface area contributed by atoms with E-state index in [9.17, 15) is 4.79 Å². The summed E-state index contributed by atoms with van der Waals surface area (Å²) in [6.07, 6.45) is 3.65. The largest absolute Gasteiger partial charge is 0.326 e. The maximum Gasteiger partial charge on any atom is 0.224 e. The van der Waals surface area contributed by atoms with Crippen LogP contribution >= 0.6 is 15.9 Å². The normalized spacial score (nSPS) is 17.2. The molecule has 0 aromatic heterocycles. The number of alkyl halides is 1. The van der Waals surface area contributed by atoms with Crippen molar-refractivity contribution in [3.05, 3.63) is 29.3 Å². The molecular formula is C13H16BrNO. The van der Waals surface area contributed by atoms with Crippen molar-refractivity contribution in [2.24, 2.45) is 0 Å². The van der Waals surface area contributed by atoms with E-state index >= 15 is 0 Å². The van der Waals surface area contributed by atoms with E-state index in [1.807, 2.05) is 6.07 Å². The highest BCUT2D eigenvalue weighted by atomic mass is 79.9. The number of halogens is 1. The minimum Gasteiger partial charge on any atom is -0.326 e. The van der Waals surface area contributed by atoms with E-state index in [1.54, 1.807) is 0 Å². The standard InChI is InChI=1S/C13H16BrNO/c1-2-11(14)9-6-7-12-10(8-9)4-3-5-13(16)15-12/h6-8,11H,2-5H2,1H3,(H,15,16). The van der Waals surface area contributed by atoms with E-state index in [0.717, 1.165) is 24.9 Å². The van der Waals surface area contributed by atoms with Crippen LogP contribution in [0, 0.1) is 0 Å². The molecule has 0 saturated carbocycles. The summed E-state index contributed by atoms with van der Waals surface area (Å²) in [5.74, 6) is 0.136. The third kappa shape index (κ3) is 2.46. The zero-order chi connectivity index (χ0) is 11.5. The van der Waals surface area contributed by atoms with Gasteiger partial charge in [-0.2, -0.15) is 0 Å². The molecule has 86 valence electrons. The zero-order valence-corrected chi connectivity index (χ0v) is 11.0. The van der Waals surface area contributed by atoms with Crippen LogP contribution < -0.4 is 5.32 Å². The molecule has 0 saturated heterocycles. The lowest BCUT2D eigenvalue weighted by molar-refractivity contribution is -0.116. The molecule has 1 heterocycles. The second-order valence-corrected chi connectivity index (χ2v) is 5.30. The maximum atomic E-state index is 11.4. The van der Waals surface area contributed by atoms with Crippen molar-refractivity contribution in [2.45, 2.75) is 37.4 Å². The Hall–Kier alpha value is -0.830. The van der Waals surface area contributed by atoms with Crippen molar-refractivity contribution in [3.8, 4) is 0 Å². The van der Waals surface area contributed by atoms with Crippen molar-refractivity contribution in [1.82, 2.24) is 0 Å². The predicted octanol–water partition coefficient (Wildman–Crippen LogP) is 3.81. The first-order chi connectivity index (χ1) is 7.70. The number of hydrogen-bond acceptors (Lipinski definition) is 1. The van der Waals surface area contributed by atoms with Gasteiger partial charge >= 0.3 is 0 Å². The Morgan fingerprint density at radius 2 is 2.25 bits per heavy atom. The summed E-state index contributed by atoms with van der Waals surface area (Å²) in [7, 11) is 0. The fourth-order valence-corrected chi connectivity index (χ4v) is 2.31. The van der Waals surface area contributed by atoms with Crippen molar-refractivity contribution in [2.75, 3.05) is 5.32 Å². The second kappa shape index (κ2) is 5.00. The molecule has 1 unspecified atom stereocenters. The topological polar surface area (TPSA) is 29.1 Å². The van der Waals surface area contributed by atoms with Crippen molar-refractivity contribution in [1.29, 1.82) is 0 Å². The van der Waals surface area contributed by atoms with E-state index in [0.29, 0.717) is 11.2 Å². The summed E-state index contributed by atoms with van der Waals surface area (Å²) in [5, 5.41) is 2.95. The molecule has 16 heavy (non-hydrogen) atoms. The third-order valence-corrected chi connectivity index (χ3v) is 4.15. The summed E-state index contributed by atoms with van der Waals surface area (Å²) in [4.78, 5) is 11.8. The zero-order valence-electron chi connectivity index (χ0n) is 9.42. The quantitative estimate of drug-likeness (QED) is 0.821. The number of carbonyl (C=O) groups is 1. The molecule has 0 bridgehead atoms. The number of fused-ring (bicyclic) bond motifs is 1. The smallest absolute Gasteiger partial charge is 0.224 e. The van der Waals surface area contributed by atoms with Gasteiger partial charge in [-0.25, -0.2) is 0 Å². The van der Waals surface area contributed by atoms with Gasteiger partial charge in [0.1, 0.15) is 0 Å². The summed E-state index contributed by atoms with van der Waals surface area (Å²) < 4.78 is 0. The van der Waals surface area contributed by atoms with Gasteiger partial charge in [-0.1, -0.05) is 35.0 Å². The van der Waals surface area contributed by atoms with Crippen LogP contribution in [0.4, 0.5) is 5.69 Å². The highest BCUT2D eigenvalue weighted by molar-refractivity contribution is 9.09. The van der Waals surface area contributed by atoms with Gasteiger partial charge in [-0.3, -0.25) is 4.79 Å². The third-order valence-electron chi connectivity index (χ3n) is 2.97. The highest BCUT2D eigenvalue weighted by Crippen LogP contribution is 2.30. The first-order valence-electron chi connectivity index (χ1n) is 5.77. The Kier molecular flexibility index (Phi) is 3.64. The van der Waals surface area contributed by atoms with Crippen molar-refractivity contribution >= 4 is 27.5 Å². The number of hydrogen-bond donors (Lipinski definition) is 1. The molecule has 0 spiro atoms. The van der Waals surface area contributed by atoms with E-state index in [4.69, 9.17) is 0 Å². The van der Waals surface area contributed by atoms with Gasteiger partial charge in [0.15, 0.2) is 0 Å². The number of benzene rings is 1. The number of rotatable bonds is 2. The minimum absolute atomic E-state index is 0.136. The summed E-state index contributed by atoms with van der Waals surface area (Å²) >= 11 is 3.66.